The highest BCUT2D eigenvalue weighted by Crippen LogP contribution is 2.45. The van der Waals surface area contributed by atoms with Crippen LogP contribution in [0.5, 0.6) is 0 Å². The van der Waals surface area contributed by atoms with Crippen molar-refractivity contribution in [1.82, 2.24) is 0 Å². The molecule has 0 radical (unpaired) electrons. The quantitative estimate of drug-likeness (QED) is 0.0222. The van der Waals surface area contributed by atoms with Gasteiger partial charge in [0.2, 0.25) is 0 Å². The number of esters is 4. The van der Waals surface area contributed by atoms with Crippen molar-refractivity contribution in [3.05, 3.63) is 0 Å². The molecule has 0 aromatic rings. The number of aliphatic hydroxyl groups excluding tert-OH is 1. The molecule has 0 bridgehead atoms. The van der Waals surface area contributed by atoms with Crippen molar-refractivity contribution in [3.63, 3.8) is 0 Å². The van der Waals surface area contributed by atoms with Gasteiger partial charge in [0, 0.05) is 25.7 Å². The van der Waals surface area contributed by atoms with Gasteiger partial charge >= 0.3 is 39.5 Å². The highest BCUT2D eigenvalue weighted by molar-refractivity contribution is 7.47. The lowest BCUT2D eigenvalue weighted by molar-refractivity contribution is -0.161. The molecule has 0 aliphatic rings. The van der Waals surface area contributed by atoms with Gasteiger partial charge in [-0.1, -0.05) is 363 Å². The molecule has 2 unspecified atom stereocenters. The topological polar surface area (TPSA) is 237 Å². The fourth-order valence-corrected chi connectivity index (χ4v) is 13.8. The van der Waals surface area contributed by atoms with Crippen molar-refractivity contribution in [2.75, 3.05) is 39.6 Å². The Labute approximate surface area is 600 Å². The maximum Gasteiger partial charge on any atom is 0.472 e. The van der Waals surface area contributed by atoms with E-state index >= 15 is 0 Å². The van der Waals surface area contributed by atoms with Gasteiger partial charge in [-0.05, 0) is 37.5 Å². The van der Waals surface area contributed by atoms with E-state index in [1.807, 2.05) is 0 Å². The van der Waals surface area contributed by atoms with Crippen LogP contribution in [0.4, 0.5) is 0 Å². The van der Waals surface area contributed by atoms with Crippen molar-refractivity contribution in [3.8, 4) is 0 Å². The van der Waals surface area contributed by atoms with E-state index in [1.165, 1.54) is 225 Å². The van der Waals surface area contributed by atoms with E-state index in [-0.39, 0.29) is 25.7 Å². The van der Waals surface area contributed by atoms with Crippen LogP contribution in [-0.4, -0.2) is 96.7 Å². The van der Waals surface area contributed by atoms with Crippen LogP contribution in [0, 0.1) is 11.8 Å². The van der Waals surface area contributed by atoms with E-state index < -0.39 is 97.5 Å². The number of phosphoric acid groups is 2. The van der Waals surface area contributed by atoms with Gasteiger partial charge in [0.1, 0.15) is 19.3 Å². The molecule has 0 saturated carbocycles. The van der Waals surface area contributed by atoms with E-state index in [9.17, 15) is 43.2 Å². The number of hydrogen-bond acceptors (Lipinski definition) is 15. The molecule has 0 aliphatic heterocycles. The summed E-state index contributed by atoms with van der Waals surface area (Å²) in [6.45, 7) is 9.65. The second-order valence-corrected chi connectivity index (χ2v) is 32.3. The lowest BCUT2D eigenvalue weighted by atomic mass is 10.0. The van der Waals surface area contributed by atoms with Crippen LogP contribution in [0.1, 0.15) is 414 Å². The number of hydrogen-bond donors (Lipinski definition) is 3. The molecular weight excluding hydrogens is 1280 g/mol. The van der Waals surface area contributed by atoms with Crippen molar-refractivity contribution < 1.29 is 80.2 Å². The maximum atomic E-state index is 13.1. The van der Waals surface area contributed by atoms with Crippen molar-refractivity contribution >= 4 is 39.5 Å². The van der Waals surface area contributed by atoms with Crippen LogP contribution in [0.15, 0.2) is 0 Å². The Hall–Kier alpha value is -1.94. The van der Waals surface area contributed by atoms with Gasteiger partial charge in [0.15, 0.2) is 12.2 Å². The Morgan fingerprint density at radius 3 is 0.694 bits per heavy atom. The Morgan fingerprint density at radius 2 is 0.469 bits per heavy atom. The number of aliphatic hydroxyl groups is 1. The SMILES string of the molecule is CCCCCCCCCCCCCCC(=O)O[C@H](COC(=O)CCCCCCCCCC)COP(=O)(O)OC[C@H](O)COP(=O)(O)OC[C@@H](COC(=O)CCCCCCCCCCCCCCCCCCC(C)C)OC(=O)CCCCCCCCCCCCCCCCCCC(C)C. The van der Waals surface area contributed by atoms with Crippen LogP contribution >= 0.6 is 15.6 Å². The third-order valence-corrected chi connectivity index (χ3v) is 20.4. The largest absolute Gasteiger partial charge is 0.472 e. The average Bonchev–Trinajstić information content (AvgIpc) is 0.992. The van der Waals surface area contributed by atoms with Gasteiger partial charge in [-0.15, -0.1) is 0 Å². The smallest absolute Gasteiger partial charge is 0.462 e. The number of phosphoric ester groups is 2. The fraction of sp³-hybridized carbons (Fsp3) is 0.949. The molecule has 98 heavy (non-hydrogen) atoms. The fourth-order valence-electron chi connectivity index (χ4n) is 12.2. The standard InChI is InChI=1S/C79H154O17P2/c1-7-9-11-13-15-17-18-33-39-45-51-57-63-78(83)95-74(67-89-76(81)61-55-49-43-16-14-12-10-8-2)69-93-97(85,86)91-65-73(80)66-92-98(87,88)94-70-75(96-79(84)64-58-52-46-40-35-30-26-22-20-24-28-32-37-42-48-54-60-72(5)6)68-90-77(82)62-56-50-44-38-34-29-25-21-19-23-27-31-36-41-47-53-59-71(3)4/h71-75,80H,7-70H2,1-6H3,(H,85,86)(H,87,88)/t73-,74+,75+/m0/s1. The first kappa shape index (κ1) is 96.1. The van der Waals surface area contributed by atoms with Crippen molar-refractivity contribution in [2.45, 2.75) is 432 Å². The number of rotatable bonds is 78. The molecule has 3 N–H and O–H groups in total. The Balaban J connectivity index is 5.19. The number of carbonyl (C=O) groups excluding carboxylic acids is 4. The molecule has 0 aromatic carbocycles. The van der Waals surface area contributed by atoms with Crippen molar-refractivity contribution in [1.29, 1.82) is 0 Å². The lowest BCUT2D eigenvalue weighted by Crippen LogP contribution is -2.30. The highest BCUT2D eigenvalue weighted by Gasteiger charge is 2.30. The molecule has 0 aromatic heterocycles. The first-order valence-electron chi connectivity index (χ1n) is 41.0. The minimum absolute atomic E-state index is 0.107. The third-order valence-electron chi connectivity index (χ3n) is 18.5. The predicted molar refractivity (Wildman–Crippen MR) is 400 cm³/mol. The molecule has 0 fully saturated rings. The first-order chi connectivity index (χ1) is 47.4. The number of ether oxygens (including phenoxy) is 4. The summed E-state index contributed by atoms with van der Waals surface area (Å²) in [5.74, 6) is -0.491. The normalized spacial score (nSPS) is 13.9. The Kier molecular flexibility index (Phi) is 69.3. The summed E-state index contributed by atoms with van der Waals surface area (Å²) in [4.78, 5) is 72.8. The molecule has 0 spiro atoms. The van der Waals surface area contributed by atoms with Crippen LogP contribution in [0.25, 0.3) is 0 Å². The molecular formula is C79H154O17P2. The summed E-state index contributed by atoms with van der Waals surface area (Å²) >= 11 is 0. The van der Waals surface area contributed by atoms with Gasteiger partial charge in [-0.3, -0.25) is 37.3 Å². The zero-order valence-electron chi connectivity index (χ0n) is 64.1. The molecule has 0 rings (SSSR count). The average molecular weight is 1440 g/mol. The summed E-state index contributed by atoms with van der Waals surface area (Å²) in [5.41, 5.74) is 0. The summed E-state index contributed by atoms with van der Waals surface area (Å²) < 4.78 is 68.5. The van der Waals surface area contributed by atoms with E-state index in [2.05, 4.69) is 41.5 Å². The second-order valence-electron chi connectivity index (χ2n) is 29.4. The van der Waals surface area contributed by atoms with Crippen LogP contribution in [0.2, 0.25) is 0 Å². The molecule has 0 saturated heterocycles. The minimum atomic E-state index is -4.96. The number of unbranched alkanes of at least 4 members (excludes halogenated alkanes) is 48. The van der Waals surface area contributed by atoms with Crippen LogP contribution < -0.4 is 0 Å². The summed E-state index contributed by atoms with van der Waals surface area (Å²) in [6.07, 6.45) is 59.7. The van der Waals surface area contributed by atoms with Gasteiger partial charge in [-0.2, -0.15) is 0 Å². The summed E-state index contributed by atoms with van der Waals surface area (Å²) in [6, 6.07) is 0. The minimum Gasteiger partial charge on any atom is -0.462 e. The van der Waals surface area contributed by atoms with Gasteiger partial charge in [0.25, 0.3) is 0 Å². The Bertz CT molecular complexity index is 1890. The highest BCUT2D eigenvalue weighted by atomic mass is 31.2. The van der Waals surface area contributed by atoms with Crippen LogP contribution in [-0.2, 0) is 65.4 Å². The Morgan fingerprint density at radius 1 is 0.276 bits per heavy atom. The molecule has 19 heteroatoms. The lowest BCUT2D eigenvalue weighted by Gasteiger charge is -2.21. The number of carbonyl (C=O) groups is 4. The van der Waals surface area contributed by atoms with E-state index in [0.717, 1.165) is 108 Å². The van der Waals surface area contributed by atoms with E-state index in [0.29, 0.717) is 25.7 Å². The van der Waals surface area contributed by atoms with Gasteiger partial charge in [-0.25, -0.2) is 9.13 Å². The molecule has 0 amide bonds. The molecule has 5 atom stereocenters. The monoisotopic (exact) mass is 1440 g/mol. The zero-order chi connectivity index (χ0) is 72.1. The zero-order valence-corrected chi connectivity index (χ0v) is 65.9. The molecule has 0 heterocycles. The van der Waals surface area contributed by atoms with E-state index in [4.69, 9.17) is 37.0 Å². The first-order valence-corrected chi connectivity index (χ1v) is 44.0. The third kappa shape index (κ3) is 72.4. The molecule has 0 aliphatic carbocycles. The predicted octanol–water partition coefficient (Wildman–Crippen LogP) is 23.5. The van der Waals surface area contributed by atoms with Gasteiger partial charge in [0.05, 0.1) is 26.4 Å². The van der Waals surface area contributed by atoms with Crippen molar-refractivity contribution in [2.24, 2.45) is 11.8 Å². The summed E-state index contributed by atoms with van der Waals surface area (Å²) in [5, 5.41) is 10.6. The maximum absolute atomic E-state index is 13.1. The second kappa shape index (κ2) is 70.7. The molecule has 17 nitrogen and oxygen atoms in total. The van der Waals surface area contributed by atoms with E-state index in [1.54, 1.807) is 0 Å². The van der Waals surface area contributed by atoms with Gasteiger partial charge < -0.3 is 33.8 Å². The molecule has 582 valence electrons. The van der Waals surface area contributed by atoms with Crippen LogP contribution in [0.3, 0.4) is 0 Å². The summed E-state index contributed by atoms with van der Waals surface area (Å²) in [7, 11) is -9.91.